The van der Waals surface area contributed by atoms with Crippen molar-refractivity contribution in [3.05, 3.63) is 60.2 Å². The van der Waals surface area contributed by atoms with Crippen LogP contribution in [-0.2, 0) is 11.8 Å². The second-order valence-corrected chi connectivity index (χ2v) is 6.61. The lowest BCUT2D eigenvalue weighted by Crippen LogP contribution is -2.39. The van der Waals surface area contributed by atoms with Gasteiger partial charge in [0.05, 0.1) is 5.92 Å². The number of likely N-dealkylation sites (tertiary alicyclic amines) is 1. The molecule has 1 saturated heterocycles. The minimum absolute atomic E-state index is 0.221. The Morgan fingerprint density at radius 2 is 2.16 bits per heavy atom. The van der Waals surface area contributed by atoms with E-state index in [1.54, 1.807) is 0 Å². The molecule has 0 bridgehead atoms. The number of aromatic nitrogens is 2. The van der Waals surface area contributed by atoms with Crippen LogP contribution >= 0.6 is 0 Å². The molecule has 3 rings (SSSR count). The van der Waals surface area contributed by atoms with Crippen molar-refractivity contribution >= 4 is 11.5 Å². The first-order valence-corrected chi connectivity index (χ1v) is 8.83. The summed E-state index contributed by atoms with van der Waals surface area (Å²) in [7, 11) is 2.00. The number of rotatable bonds is 6. The van der Waals surface area contributed by atoms with Crippen LogP contribution in [0.4, 0.5) is 0 Å². The number of hydrogen-bond acceptors (Lipinski definition) is 3. The van der Waals surface area contributed by atoms with Crippen molar-refractivity contribution in [2.24, 2.45) is 13.0 Å². The minimum atomic E-state index is -0.668. The summed E-state index contributed by atoms with van der Waals surface area (Å²) in [6.07, 6.45) is 8.63. The third-order valence-electron chi connectivity index (χ3n) is 4.80. The van der Waals surface area contributed by atoms with Gasteiger partial charge < -0.3 is 14.6 Å². The third kappa shape index (κ3) is 4.37. The van der Waals surface area contributed by atoms with E-state index in [0.717, 1.165) is 49.3 Å². The molecule has 25 heavy (non-hydrogen) atoms. The molecule has 2 heterocycles. The molecule has 0 spiro atoms. The summed E-state index contributed by atoms with van der Waals surface area (Å²) in [5.74, 6) is 0.0624. The number of carboxylic acids is 1. The smallest absolute Gasteiger partial charge is 0.307 e. The van der Waals surface area contributed by atoms with E-state index in [1.807, 2.05) is 42.2 Å². The Hall–Kier alpha value is -2.40. The summed E-state index contributed by atoms with van der Waals surface area (Å²) < 4.78 is 2.03. The van der Waals surface area contributed by atoms with Gasteiger partial charge in [0.15, 0.2) is 0 Å². The number of imidazole rings is 1. The van der Waals surface area contributed by atoms with E-state index in [4.69, 9.17) is 0 Å². The standard InChI is InChI=1S/C20H25N3O2/c1-22-14-11-21-19(22)18(16-7-3-2-4-8-16)10-6-13-23-12-5-9-17(15-23)20(24)25/h2-4,7-8,10-11,14,17H,5-6,9,12-13,15H2,1H3,(H,24,25). The SMILES string of the molecule is Cn1ccnc1C(=CCCN1CCCC(C(=O)O)C1)c1ccccc1. The first-order valence-electron chi connectivity index (χ1n) is 8.83. The van der Waals surface area contributed by atoms with E-state index < -0.39 is 5.97 Å². The molecule has 5 heteroatoms. The van der Waals surface area contributed by atoms with Gasteiger partial charge >= 0.3 is 5.97 Å². The number of hydrogen-bond donors (Lipinski definition) is 1. The molecule has 1 aliphatic rings. The summed E-state index contributed by atoms with van der Waals surface area (Å²) in [4.78, 5) is 18.0. The molecular formula is C20H25N3O2. The molecule has 132 valence electrons. The Labute approximate surface area is 148 Å². The van der Waals surface area contributed by atoms with Crippen LogP contribution < -0.4 is 0 Å². The molecule has 0 amide bonds. The Morgan fingerprint density at radius 3 is 2.84 bits per heavy atom. The van der Waals surface area contributed by atoms with E-state index in [9.17, 15) is 9.90 Å². The van der Waals surface area contributed by atoms with Crippen molar-refractivity contribution in [3.8, 4) is 0 Å². The predicted molar refractivity (Wildman–Crippen MR) is 98.1 cm³/mol. The van der Waals surface area contributed by atoms with Crippen LogP contribution in [0.1, 0.15) is 30.7 Å². The molecule has 2 aromatic rings. The van der Waals surface area contributed by atoms with Gasteiger partial charge in [-0.25, -0.2) is 4.98 Å². The fourth-order valence-electron chi connectivity index (χ4n) is 3.43. The van der Waals surface area contributed by atoms with E-state index in [-0.39, 0.29) is 5.92 Å². The number of aryl methyl sites for hydroxylation is 1. The van der Waals surface area contributed by atoms with E-state index in [1.165, 1.54) is 0 Å². The van der Waals surface area contributed by atoms with Gasteiger partial charge in [0.25, 0.3) is 0 Å². The number of piperidine rings is 1. The lowest BCUT2D eigenvalue weighted by molar-refractivity contribution is -0.143. The van der Waals surface area contributed by atoms with Crippen molar-refractivity contribution in [2.75, 3.05) is 19.6 Å². The minimum Gasteiger partial charge on any atom is -0.481 e. The summed E-state index contributed by atoms with van der Waals surface area (Å²) in [6.45, 7) is 2.53. The van der Waals surface area contributed by atoms with Crippen LogP contribution in [0, 0.1) is 5.92 Å². The summed E-state index contributed by atoms with van der Waals surface area (Å²) in [6, 6.07) is 10.3. The molecular weight excluding hydrogens is 314 g/mol. The molecule has 5 nitrogen and oxygen atoms in total. The van der Waals surface area contributed by atoms with E-state index in [2.05, 4.69) is 28.1 Å². The van der Waals surface area contributed by atoms with Gasteiger partial charge in [0.1, 0.15) is 5.82 Å². The van der Waals surface area contributed by atoms with E-state index >= 15 is 0 Å². The number of carboxylic acid groups (broad SMARTS) is 1. The van der Waals surface area contributed by atoms with Gasteiger partial charge in [0.2, 0.25) is 0 Å². The van der Waals surface area contributed by atoms with Crippen molar-refractivity contribution in [2.45, 2.75) is 19.3 Å². The first kappa shape index (κ1) is 17.4. The fourth-order valence-corrected chi connectivity index (χ4v) is 3.43. The van der Waals surface area contributed by atoms with Crippen LogP contribution in [0.5, 0.6) is 0 Å². The molecule has 1 aromatic carbocycles. The Balaban J connectivity index is 1.72. The lowest BCUT2D eigenvalue weighted by Gasteiger charge is -2.30. The number of carbonyl (C=O) groups is 1. The molecule has 1 N–H and O–H groups in total. The molecule has 1 fully saturated rings. The summed E-state index contributed by atoms with van der Waals surface area (Å²) >= 11 is 0. The number of aliphatic carboxylic acids is 1. The van der Waals surface area contributed by atoms with Crippen LogP contribution in [0.25, 0.3) is 5.57 Å². The lowest BCUT2D eigenvalue weighted by atomic mass is 9.98. The highest BCUT2D eigenvalue weighted by atomic mass is 16.4. The van der Waals surface area contributed by atoms with Crippen molar-refractivity contribution in [1.82, 2.24) is 14.5 Å². The maximum atomic E-state index is 11.2. The van der Waals surface area contributed by atoms with Gasteiger partial charge in [-0.2, -0.15) is 0 Å². The topological polar surface area (TPSA) is 58.4 Å². The predicted octanol–water partition coefficient (Wildman–Crippen LogP) is 3.04. The van der Waals surface area contributed by atoms with Gasteiger partial charge in [-0.1, -0.05) is 36.4 Å². The highest BCUT2D eigenvalue weighted by Crippen LogP contribution is 2.23. The van der Waals surface area contributed by atoms with Crippen LogP contribution in [0.15, 0.2) is 48.8 Å². The molecule has 0 saturated carbocycles. The van der Waals surface area contributed by atoms with Gasteiger partial charge in [-0.15, -0.1) is 0 Å². The van der Waals surface area contributed by atoms with Crippen molar-refractivity contribution < 1.29 is 9.90 Å². The van der Waals surface area contributed by atoms with Gasteiger partial charge in [-0.05, 0) is 31.4 Å². The zero-order chi connectivity index (χ0) is 17.6. The summed E-state index contributed by atoms with van der Waals surface area (Å²) in [5, 5.41) is 9.22. The van der Waals surface area contributed by atoms with Crippen LogP contribution in [-0.4, -0.2) is 45.2 Å². The highest BCUT2D eigenvalue weighted by Gasteiger charge is 2.24. The number of benzene rings is 1. The second-order valence-electron chi connectivity index (χ2n) is 6.61. The molecule has 1 aromatic heterocycles. The van der Waals surface area contributed by atoms with E-state index in [0.29, 0.717) is 6.54 Å². The second kappa shape index (κ2) is 8.12. The van der Waals surface area contributed by atoms with Crippen molar-refractivity contribution in [1.29, 1.82) is 0 Å². The monoisotopic (exact) mass is 339 g/mol. The Morgan fingerprint density at radius 1 is 1.36 bits per heavy atom. The van der Waals surface area contributed by atoms with Gasteiger partial charge in [-0.3, -0.25) is 4.79 Å². The fraction of sp³-hybridized carbons (Fsp3) is 0.400. The average Bonchev–Trinajstić information content (AvgIpc) is 3.05. The largest absolute Gasteiger partial charge is 0.481 e. The van der Waals surface area contributed by atoms with Crippen molar-refractivity contribution in [3.63, 3.8) is 0 Å². The van der Waals surface area contributed by atoms with Crippen LogP contribution in [0.2, 0.25) is 0 Å². The highest BCUT2D eigenvalue weighted by molar-refractivity contribution is 5.76. The molecule has 0 radical (unpaired) electrons. The average molecular weight is 339 g/mol. The third-order valence-corrected chi connectivity index (χ3v) is 4.80. The zero-order valence-electron chi connectivity index (χ0n) is 14.6. The van der Waals surface area contributed by atoms with Gasteiger partial charge in [0, 0.05) is 38.1 Å². The molecule has 0 aliphatic carbocycles. The Bertz CT molecular complexity index is 736. The molecule has 1 atom stereocenters. The molecule has 1 aliphatic heterocycles. The maximum absolute atomic E-state index is 11.2. The first-order chi connectivity index (χ1) is 12.1. The number of nitrogens with zero attached hydrogens (tertiary/aromatic N) is 3. The normalized spacial score (nSPS) is 19.1. The van der Waals surface area contributed by atoms with Crippen LogP contribution in [0.3, 0.4) is 0 Å². The zero-order valence-corrected chi connectivity index (χ0v) is 14.6. The Kier molecular flexibility index (Phi) is 5.66. The quantitative estimate of drug-likeness (QED) is 0.879. The maximum Gasteiger partial charge on any atom is 0.307 e. The molecule has 1 unspecified atom stereocenters. The summed E-state index contributed by atoms with van der Waals surface area (Å²) in [5.41, 5.74) is 2.28.